The summed E-state index contributed by atoms with van der Waals surface area (Å²) >= 11 is 0. The summed E-state index contributed by atoms with van der Waals surface area (Å²) in [7, 11) is -2.82. The number of hydrogen-bond acceptors (Lipinski definition) is 5. The minimum absolute atomic E-state index is 0.125. The van der Waals surface area contributed by atoms with Crippen LogP contribution in [0.2, 0.25) is 0 Å². The Kier molecular flexibility index (Phi) is 6.91. The number of aliphatic hydroxyl groups excluding tert-OH is 1. The Morgan fingerprint density at radius 1 is 1.30 bits per heavy atom. The summed E-state index contributed by atoms with van der Waals surface area (Å²) in [4.78, 5) is 2.23. The van der Waals surface area contributed by atoms with Crippen LogP contribution in [0.4, 0.5) is 0 Å². The van der Waals surface area contributed by atoms with E-state index in [9.17, 15) is 13.5 Å². The van der Waals surface area contributed by atoms with Gasteiger partial charge < -0.3 is 15.3 Å². The highest BCUT2D eigenvalue weighted by molar-refractivity contribution is 7.91. The molecule has 0 radical (unpaired) electrons. The molecule has 0 aromatic heterocycles. The summed E-state index contributed by atoms with van der Waals surface area (Å²) in [5, 5.41) is 12.9. The van der Waals surface area contributed by atoms with Crippen LogP contribution in [0.5, 0.6) is 0 Å². The third kappa shape index (κ3) is 6.52. The van der Waals surface area contributed by atoms with Gasteiger partial charge >= 0.3 is 0 Å². The molecule has 1 fully saturated rings. The fraction of sp³-hybridized carbons (Fsp3) is 1.00. The van der Waals surface area contributed by atoms with Crippen molar-refractivity contribution in [3.8, 4) is 0 Å². The van der Waals surface area contributed by atoms with E-state index in [4.69, 9.17) is 0 Å². The Bertz CT molecular complexity index is 384. The van der Waals surface area contributed by atoms with Gasteiger partial charge in [0.25, 0.3) is 0 Å². The highest BCUT2D eigenvalue weighted by atomic mass is 32.2. The van der Waals surface area contributed by atoms with Crippen LogP contribution in [0, 0.1) is 0 Å². The fourth-order valence-electron chi connectivity index (χ4n) is 2.80. The maximum atomic E-state index is 11.5. The van der Waals surface area contributed by atoms with Gasteiger partial charge in [-0.05, 0) is 39.3 Å². The molecule has 120 valence electrons. The van der Waals surface area contributed by atoms with E-state index in [2.05, 4.69) is 24.1 Å². The zero-order valence-corrected chi connectivity index (χ0v) is 13.9. The molecule has 6 heteroatoms. The normalized spacial score (nSPS) is 23.4. The lowest BCUT2D eigenvalue weighted by Crippen LogP contribution is -2.49. The summed E-state index contributed by atoms with van der Waals surface area (Å²) in [5.74, 6) is 0.612. The van der Waals surface area contributed by atoms with Gasteiger partial charge in [0.15, 0.2) is 9.84 Å². The smallest absolute Gasteiger partial charge is 0.151 e. The van der Waals surface area contributed by atoms with E-state index in [1.54, 1.807) is 0 Å². The first-order valence-electron chi connectivity index (χ1n) is 7.58. The van der Waals surface area contributed by atoms with Gasteiger partial charge in [0.05, 0.1) is 18.1 Å². The fourth-order valence-corrected chi connectivity index (χ4v) is 4.11. The number of sulfone groups is 1. The maximum Gasteiger partial charge on any atom is 0.151 e. The van der Waals surface area contributed by atoms with Crippen molar-refractivity contribution < 1.29 is 13.5 Å². The Hall–Kier alpha value is -0.170. The average molecular weight is 306 g/mol. The molecule has 0 spiro atoms. The van der Waals surface area contributed by atoms with E-state index in [0.717, 1.165) is 32.4 Å². The zero-order chi connectivity index (χ0) is 15.2. The summed E-state index contributed by atoms with van der Waals surface area (Å²) in [6.07, 6.45) is 2.60. The summed E-state index contributed by atoms with van der Waals surface area (Å²) in [6, 6.07) is 0.343. The van der Waals surface area contributed by atoms with E-state index < -0.39 is 9.84 Å². The molecule has 5 nitrogen and oxygen atoms in total. The van der Waals surface area contributed by atoms with Crippen molar-refractivity contribution in [2.45, 2.75) is 51.6 Å². The van der Waals surface area contributed by atoms with Crippen LogP contribution in [-0.4, -0.2) is 67.8 Å². The van der Waals surface area contributed by atoms with Crippen LogP contribution in [0.3, 0.4) is 0 Å². The number of aliphatic hydroxyl groups is 1. The lowest BCUT2D eigenvalue weighted by molar-refractivity contribution is 0.149. The van der Waals surface area contributed by atoms with E-state index in [1.165, 1.54) is 0 Å². The molecular formula is C14H30N2O3S. The monoisotopic (exact) mass is 306 g/mol. The molecule has 20 heavy (non-hydrogen) atoms. The summed E-state index contributed by atoms with van der Waals surface area (Å²) in [6.45, 7) is 8.74. The van der Waals surface area contributed by atoms with Gasteiger partial charge in [-0.1, -0.05) is 13.8 Å². The van der Waals surface area contributed by atoms with E-state index in [1.807, 2.05) is 6.92 Å². The van der Waals surface area contributed by atoms with Gasteiger partial charge in [0.1, 0.15) is 0 Å². The molecule has 1 aliphatic rings. The summed E-state index contributed by atoms with van der Waals surface area (Å²) < 4.78 is 23.1. The lowest BCUT2D eigenvalue weighted by Gasteiger charge is -2.32. The quantitative estimate of drug-likeness (QED) is 0.722. The molecule has 0 bridgehead atoms. The Morgan fingerprint density at radius 3 is 2.60 bits per heavy atom. The van der Waals surface area contributed by atoms with Crippen molar-refractivity contribution in [1.82, 2.24) is 10.2 Å². The molecule has 0 aromatic rings. The van der Waals surface area contributed by atoms with Crippen LogP contribution in [0.25, 0.3) is 0 Å². The third-order valence-corrected chi connectivity index (χ3v) is 5.55. The first-order chi connectivity index (χ1) is 9.26. The van der Waals surface area contributed by atoms with Gasteiger partial charge in [-0.3, -0.25) is 0 Å². The zero-order valence-electron chi connectivity index (χ0n) is 13.1. The molecule has 1 heterocycles. The van der Waals surface area contributed by atoms with E-state index >= 15 is 0 Å². The van der Waals surface area contributed by atoms with E-state index in [0.29, 0.717) is 18.3 Å². The number of nitrogens with zero attached hydrogens (tertiary/aromatic N) is 1. The first-order valence-corrected chi connectivity index (χ1v) is 9.40. The minimum Gasteiger partial charge on any atom is -0.394 e. The highest BCUT2D eigenvalue weighted by Gasteiger charge is 2.24. The molecule has 0 saturated carbocycles. The van der Waals surface area contributed by atoms with Gasteiger partial charge in [-0.25, -0.2) is 8.42 Å². The molecule has 1 atom stereocenters. The second-order valence-electron chi connectivity index (χ2n) is 6.47. The number of nitrogens with one attached hydrogen (secondary N) is 1. The SMILES string of the molecule is CC(C)NC(C)(CO)CCCN1CCCS(=O)(=O)CC1. The second kappa shape index (κ2) is 7.73. The predicted molar refractivity (Wildman–Crippen MR) is 82.7 cm³/mol. The molecule has 0 aromatic carbocycles. The Labute approximate surface area is 123 Å². The molecule has 1 aliphatic heterocycles. The standard InChI is InChI=1S/C14H30N2O3S/c1-13(2)15-14(3,12-17)6-4-7-16-8-5-10-20(18,19)11-9-16/h13,15,17H,4-12H2,1-3H3. The number of hydrogen-bond donors (Lipinski definition) is 2. The average Bonchev–Trinajstić information content (AvgIpc) is 2.50. The molecule has 0 aliphatic carbocycles. The molecule has 1 rings (SSSR count). The molecular weight excluding hydrogens is 276 g/mol. The van der Waals surface area contributed by atoms with Crippen molar-refractivity contribution >= 4 is 9.84 Å². The van der Waals surface area contributed by atoms with Gasteiger partial charge in [0, 0.05) is 18.1 Å². The van der Waals surface area contributed by atoms with Crippen LogP contribution >= 0.6 is 0 Å². The van der Waals surface area contributed by atoms with Gasteiger partial charge in [0.2, 0.25) is 0 Å². The summed E-state index contributed by atoms with van der Waals surface area (Å²) in [5.41, 5.74) is -0.244. The Morgan fingerprint density at radius 2 is 2.00 bits per heavy atom. The van der Waals surface area contributed by atoms with Crippen molar-refractivity contribution in [2.75, 3.05) is 37.7 Å². The topological polar surface area (TPSA) is 69.6 Å². The number of rotatable bonds is 7. The lowest BCUT2D eigenvalue weighted by atomic mass is 9.95. The molecule has 1 saturated heterocycles. The third-order valence-electron chi connectivity index (χ3n) is 3.84. The van der Waals surface area contributed by atoms with Crippen LogP contribution in [0.15, 0.2) is 0 Å². The first kappa shape index (κ1) is 17.9. The van der Waals surface area contributed by atoms with Crippen LogP contribution in [0.1, 0.15) is 40.0 Å². The van der Waals surface area contributed by atoms with Gasteiger partial charge in [-0.2, -0.15) is 0 Å². The molecule has 0 amide bonds. The van der Waals surface area contributed by atoms with Crippen molar-refractivity contribution in [1.29, 1.82) is 0 Å². The van der Waals surface area contributed by atoms with Crippen molar-refractivity contribution in [2.24, 2.45) is 0 Å². The maximum absolute atomic E-state index is 11.5. The van der Waals surface area contributed by atoms with Crippen LogP contribution < -0.4 is 5.32 Å². The van der Waals surface area contributed by atoms with E-state index in [-0.39, 0.29) is 17.9 Å². The van der Waals surface area contributed by atoms with Crippen molar-refractivity contribution in [3.63, 3.8) is 0 Å². The minimum atomic E-state index is -2.82. The highest BCUT2D eigenvalue weighted by Crippen LogP contribution is 2.14. The second-order valence-corrected chi connectivity index (χ2v) is 8.77. The molecule has 1 unspecified atom stereocenters. The molecule has 2 N–H and O–H groups in total. The largest absolute Gasteiger partial charge is 0.394 e. The van der Waals surface area contributed by atoms with Crippen LogP contribution in [-0.2, 0) is 9.84 Å². The predicted octanol–water partition coefficient (Wildman–Crippen LogP) is 0.636. The Balaban J connectivity index is 2.36. The van der Waals surface area contributed by atoms with Gasteiger partial charge in [-0.15, -0.1) is 0 Å². The van der Waals surface area contributed by atoms with Crippen molar-refractivity contribution in [3.05, 3.63) is 0 Å².